The zero-order valence-electron chi connectivity index (χ0n) is 11.6. The molecule has 6 nitrogen and oxygen atoms in total. The number of imide groups is 2. The highest BCUT2D eigenvalue weighted by Crippen LogP contribution is 2.23. The number of hydrogen-bond donors (Lipinski definition) is 1. The van der Waals surface area contributed by atoms with E-state index in [2.05, 4.69) is 10.2 Å². The summed E-state index contributed by atoms with van der Waals surface area (Å²) in [4.78, 5) is 38.9. The van der Waals surface area contributed by atoms with Crippen LogP contribution in [0.1, 0.15) is 33.1 Å². The molecule has 0 aromatic heterocycles. The monoisotopic (exact) mass is 267 g/mol. The van der Waals surface area contributed by atoms with Gasteiger partial charge in [0.2, 0.25) is 11.8 Å². The molecular weight excluding hydrogens is 246 g/mol. The lowest BCUT2D eigenvalue weighted by Gasteiger charge is -2.34. The summed E-state index contributed by atoms with van der Waals surface area (Å²) >= 11 is 0. The molecule has 2 aliphatic heterocycles. The third-order valence-corrected chi connectivity index (χ3v) is 3.87. The van der Waals surface area contributed by atoms with Crippen LogP contribution in [0.3, 0.4) is 0 Å². The van der Waals surface area contributed by atoms with Crippen molar-refractivity contribution in [1.82, 2.24) is 15.1 Å². The summed E-state index contributed by atoms with van der Waals surface area (Å²) in [6, 6.07) is -0.587. The molecule has 106 valence electrons. The maximum atomic E-state index is 12.1. The minimum atomic E-state index is -1.15. The van der Waals surface area contributed by atoms with E-state index in [9.17, 15) is 14.4 Å². The SMILES string of the molecule is CC1(C)C(=O)NC(=O)N(CCCN2CCCC2)C1=O. The summed E-state index contributed by atoms with van der Waals surface area (Å²) in [5.41, 5.74) is -1.15. The lowest BCUT2D eigenvalue weighted by atomic mass is 9.89. The van der Waals surface area contributed by atoms with Crippen molar-refractivity contribution in [3.63, 3.8) is 0 Å². The molecule has 2 aliphatic rings. The van der Waals surface area contributed by atoms with Gasteiger partial charge in [0.1, 0.15) is 5.41 Å². The lowest BCUT2D eigenvalue weighted by molar-refractivity contribution is -0.149. The van der Waals surface area contributed by atoms with E-state index in [1.54, 1.807) is 13.8 Å². The van der Waals surface area contributed by atoms with E-state index in [1.165, 1.54) is 12.8 Å². The van der Waals surface area contributed by atoms with Gasteiger partial charge in [-0.15, -0.1) is 0 Å². The summed E-state index contributed by atoms with van der Waals surface area (Å²) < 4.78 is 0. The summed E-state index contributed by atoms with van der Waals surface area (Å²) in [5.74, 6) is -0.916. The first-order chi connectivity index (χ1) is 8.93. The Bertz CT molecular complexity index is 400. The fraction of sp³-hybridized carbons (Fsp3) is 0.769. The third kappa shape index (κ3) is 2.78. The second-order valence-electron chi connectivity index (χ2n) is 5.74. The van der Waals surface area contributed by atoms with Gasteiger partial charge in [-0.25, -0.2) is 4.79 Å². The smallest absolute Gasteiger partial charge is 0.303 e. The highest BCUT2D eigenvalue weighted by Gasteiger charge is 2.46. The Hall–Kier alpha value is -1.43. The van der Waals surface area contributed by atoms with E-state index < -0.39 is 23.3 Å². The molecule has 1 N–H and O–H groups in total. The van der Waals surface area contributed by atoms with Crippen molar-refractivity contribution in [2.75, 3.05) is 26.2 Å². The number of barbiturate groups is 1. The van der Waals surface area contributed by atoms with Crippen LogP contribution in [0.25, 0.3) is 0 Å². The van der Waals surface area contributed by atoms with Crippen molar-refractivity contribution in [3.8, 4) is 0 Å². The molecule has 2 saturated heterocycles. The van der Waals surface area contributed by atoms with Crippen molar-refractivity contribution >= 4 is 17.8 Å². The van der Waals surface area contributed by atoms with E-state index in [-0.39, 0.29) is 0 Å². The van der Waals surface area contributed by atoms with Gasteiger partial charge >= 0.3 is 6.03 Å². The minimum Gasteiger partial charge on any atom is -0.303 e. The largest absolute Gasteiger partial charge is 0.330 e. The first-order valence-electron chi connectivity index (χ1n) is 6.82. The Morgan fingerprint density at radius 3 is 2.37 bits per heavy atom. The third-order valence-electron chi connectivity index (χ3n) is 3.87. The minimum absolute atomic E-state index is 0.373. The van der Waals surface area contributed by atoms with Crippen molar-refractivity contribution < 1.29 is 14.4 Å². The van der Waals surface area contributed by atoms with E-state index in [0.717, 1.165) is 31.0 Å². The van der Waals surface area contributed by atoms with Gasteiger partial charge in [0.05, 0.1) is 0 Å². The second kappa shape index (κ2) is 5.28. The summed E-state index contributed by atoms with van der Waals surface area (Å²) in [6.07, 6.45) is 3.21. The number of nitrogens with one attached hydrogen (secondary N) is 1. The zero-order chi connectivity index (χ0) is 14.0. The van der Waals surface area contributed by atoms with Gasteiger partial charge in [-0.2, -0.15) is 0 Å². The summed E-state index contributed by atoms with van der Waals surface area (Å²) in [7, 11) is 0. The summed E-state index contributed by atoms with van der Waals surface area (Å²) in [6.45, 7) is 6.56. The Labute approximate surface area is 113 Å². The quantitative estimate of drug-likeness (QED) is 0.756. The molecule has 0 aromatic rings. The normalized spacial score (nSPS) is 23.9. The maximum absolute atomic E-state index is 12.1. The van der Waals surface area contributed by atoms with Gasteiger partial charge < -0.3 is 4.90 Å². The van der Waals surface area contributed by atoms with Gasteiger partial charge in [-0.1, -0.05) is 0 Å². The number of rotatable bonds is 4. The maximum Gasteiger partial charge on any atom is 0.330 e. The first kappa shape index (κ1) is 14.0. The predicted molar refractivity (Wildman–Crippen MR) is 69.3 cm³/mol. The average molecular weight is 267 g/mol. The van der Waals surface area contributed by atoms with E-state index >= 15 is 0 Å². The Morgan fingerprint density at radius 1 is 1.11 bits per heavy atom. The van der Waals surface area contributed by atoms with Gasteiger partial charge in [-0.3, -0.25) is 19.8 Å². The fourth-order valence-electron chi connectivity index (χ4n) is 2.51. The molecule has 0 bridgehead atoms. The van der Waals surface area contributed by atoms with E-state index in [1.807, 2.05) is 0 Å². The van der Waals surface area contributed by atoms with Crippen LogP contribution in [-0.4, -0.2) is 53.8 Å². The van der Waals surface area contributed by atoms with E-state index in [0.29, 0.717) is 6.54 Å². The van der Waals surface area contributed by atoms with Crippen LogP contribution in [0.4, 0.5) is 4.79 Å². The van der Waals surface area contributed by atoms with Gasteiger partial charge in [0, 0.05) is 6.54 Å². The fourth-order valence-corrected chi connectivity index (χ4v) is 2.51. The molecule has 0 aromatic carbocycles. The molecule has 19 heavy (non-hydrogen) atoms. The predicted octanol–water partition coefficient (Wildman–Crippen LogP) is 0.577. The number of amides is 4. The van der Waals surface area contributed by atoms with Crippen LogP contribution in [0.2, 0.25) is 0 Å². The number of carbonyl (C=O) groups excluding carboxylic acids is 3. The van der Waals surface area contributed by atoms with Crippen molar-refractivity contribution in [2.45, 2.75) is 33.1 Å². The number of carbonyl (C=O) groups is 3. The second-order valence-corrected chi connectivity index (χ2v) is 5.74. The van der Waals surface area contributed by atoms with Crippen molar-refractivity contribution in [1.29, 1.82) is 0 Å². The Morgan fingerprint density at radius 2 is 1.74 bits per heavy atom. The standard InChI is InChI=1S/C13H21N3O3/c1-13(2)10(17)14-12(19)16(11(13)18)9-5-8-15-6-3-4-7-15/h3-9H2,1-2H3,(H,14,17,19). The first-order valence-corrected chi connectivity index (χ1v) is 6.82. The Kier molecular flexibility index (Phi) is 3.89. The highest BCUT2D eigenvalue weighted by molar-refractivity contribution is 6.18. The van der Waals surface area contributed by atoms with Gasteiger partial charge in [0.15, 0.2) is 0 Å². The van der Waals surface area contributed by atoms with E-state index in [4.69, 9.17) is 0 Å². The Balaban J connectivity index is 1.89. The summed E-state index contributed by atoms with van der Waals surface area (Å²) in [5, 5.41) is 2.24. The molecule has 2 fully saturated rings. The molecule has 0 unspecified atom stereocenters. The van der Waals surface area contributed by atoms with Crippen LogP contribution >= 0.6 is 0 Å². The van der Waals surface area contributed by atoms with Crippen LogP contribution < -0.4 is 5.32 Å². The molecule has 6 heteroatoms. The molecule has 4 amide bonds. The van der Waals surface area contributed by atoms with Crippen molar-refractivity contribution in [2.24, 2.45) is 5.41 Å². The van der Waals surface area contributed by atoms with Crippen molar-refractivity contribution in [3.05, 3.63) is 0 Å². The topological polar surface area (TPSA) is 69.7 Å². The molecule has 0 atom stereocenters. The van der Waals surface area contributed by atoms with Crippen LogP contribution in [0.5, 0.6) is 0 Å². The zero-order valence-corrected chi connectivity index (χ0v) is 11.6. The van der Waals surface area contributed by atoms with Gasteiger partial charge in [0.25, 0.3) is 0 Å². The van der Waals surface area contributed by atoms with Crippen LogP contribution in [0, 0.1) is 5.41 Å². The van der Waals surface area contributed by atoms with Gasteiger partial charge in [-0.05, 0) is 52.7 Å². The average Bonchev–Trinajstić information content (AvgIpc) is 2.85. The molecule has 0 radical (unpaired) electrons. The van der Waals surface area contributed by atoms with Crippen LogP contribution in [-0.2, 0) is 9.59 Å². The lowest BCUT2D eigenvalue weighted by Crippen LogP contribution is -2.62. The molecule has 0 saturated carbocycles. The molecule has 2 heterocycles. The molecule has 0 spiro atoms. The van der Waals surface area contributed by atoms with Crippen LogP contribution in [0.15, 0.2) is 0 Å². The molecule has 0 aliphatic carbocycles. The molecule has 2 rings (SSSR count). The number of urea groups is 1. The number of likely N-dealkylation sites (tertiary alicyclic amines) is 1. The molecular formula is C13H21N3O3. The highest BCUT2D eigenvalue weighted by atomic mass is 16.2. The number of hydrogen-bond acceptors (Lipinski definition) is 4. The number of nitrogens with zero attached hydrogens (tertiary/aromatic N) is 2.